The summed E-state index contributed by atoms with van der Waals surface area (Å²) in [6, 6.07) is 10.8. The minimum absolute atomic E-state index is 0.0161. The zero-order valence-electron chi connectivity index (χ0n) is 24.1. The number of hydrogen-bond acceptors (Lipinski definition) is 6. The largest absolute Gasteiger partial charge is 0.493 e. The Balaban J connectivity index is 1.49. The highest BCUT2D eigenvalue weighted by molar-refractivity contribution is 6.30. The lowest BCUT2D eigenvalue weighted by Gasteiger charge is -2.39. The number of aliphatic hydroxyl groups is 2. The molecule has 2 atom stereocenters. The third-order valence-corrected chi connectivity index (χ3v) is 8.78. The van der Waals surface area contributed by atoms with E-state index in [2.05, 4.69) is 0 Å². The lowest BCUT2D eigenvalue weighted by molar-refractivity contribution is -0.132. The van der Waals surface area contributed by atoms with Crippen LogP contribution in [0.3, 0.4) is 0 Å². The number of amides is 1. The molecule has 0 radical (unpaired) electrons. The first-order valence-corrected chi connectivity index (χ1v) is 14.9. The van der Waals surface area contributed by atoms with Crippen LogP contribution in [-0.4, -0.2) is 66.6 Å². The molecule has 1 saturated heterocycles. The fraction of sp³-hybridized carbons (Fsp3) is 0.594. The van der Waals surface area contributed by atoms with Crippen molar-refractivity contribution in [2.24, 2.45) is 11.8 Å². The number of rotatable bonds is 10. The normalized spacial score (nSPS) is 21.6. The number of carbonyl (C=O) groups is 1. The number of benzene rings is 2. The number of carbonyl (C=O) groups excluding carboxylic acids is 1. The number of methoxy groups -OCH3 is 1. The molecular formula is C32H44ClNO6. The van der Waals surface area contributed by atoms with Crippen molar-refractivity contribution in [2.75, 3.05) is 27.4 Å². The minimum atomic E-state index is -0.965. The van der Waals surface area contributed by atoms with Crippen LogP contribution in [0.1, 0.15) is 75.2 Å². The Morgan fingerprint density at radius 2 is 1.62 bits per heavy atom. The fourth-order valence-corrected chi connectivity index (χ4v) is 6.25. The van der Waals surface area contributed by atoms with Crippen LogP contribution < -0.4 is 9.47 Å². The maximum Gasteiger partial charge on any atom is 0.226 e. The molecule has 1 heterocycles. The molecule has 2 N–H and O–H groups in total. The van der Waals surface area contributed by atoms with E-state index in [0.29, 0.717) is 39.1 Å². The van der Waals surface area contributed by atoms with Gasteiger partial charge in [-0.05, 0) is 105 Å². The van der Waals surface area contributed by atoms with Gasteiger partial charge in [0.25, 0.3) is 0 Å². The van der Waals surface area contributed by atoms with Gasteiger partial charge in [0.15, 0.2) is 11.5 Å². The molecule has 1 aliphatic heterocycles. The van der Waals surface area contributed by atoms with Gasteiger partial charge in [-0.25, -0.2) is 0 Å². The molecule has 0 aromatic heterocycles. The minimum Gasteiger partial charge on any atom is -0.493 e. The molecule has 0 bridgehead atoms. The van der Waals surface area contributed by atoms with Crippen LogP contribution in [0.4, 0.5) is 0 Å². The quantitative estimate of drug-likeness (QED) is 0.387. The zero-order chi connectivity index (χ0) is 28.8. The number of aliphatic hydroxyl groups excluding tert-OH is 2. The molecule has 8 heteroatoms. The lowest BCUT2D eigenvalue weighted by Crippen LogP contribution is -2.43. The standard InChI is InChI=1S/C32H44ClNO6/c1-20(2)40-29-19-27(32(37)22-5-9-25(33)10-6-22)24(17-28(29)38-4)18-30(35)34(3)26-11-7-21(8-12-26)31(36)23-13-15-39-16-14-23/h5-6,9-10,17,19-21,23,26,31-32,36-37H,7-8,11-16,18H2,1-4H3. The van der Waals surface area contributed by atoms with Crippen molar-refractivity contribution in [3.8, 4) is 11.5 Å². The van der Waals surface area contributed by atoms with E-state index in [-0.39, 0.29) is 36.5 Å². The van der Waals surface area contributed by atoms with Gasteiger partial charge in [0.2, 0.25) is 5.91 Å². The molecule has 1 amide bonds. The van der Waals surface area contributed by atoms with E-state index in [1.807, 2.05) is 25.8 Å². The molecule has 2 unspecified atom stereocenters. The number of ether oxygens (including phenoxy) is 3. The lowest BCUT2D eigenvalue weighted by atomic mass is 9.76. The molecule has 2 fully saturated rings. The first-order chi connectivity index (χ1) is 19.2. The molecule has 7 nitrogen and oxygen atoms in total. The maximum absolute atomic E-state index is 13.6. The van der Waals surface area contributed by atoms with Crippen molar-refractivity contribution in [1.29, 1.82) is 0 Å². The predicted octanol–water partition coefficient (Wildman–Crippen LogP) is 5.56. The maximum atomic E-state index is 13.6. The summed E-state index contributed by atoms with van der Waals surface area (Å²) in [6.07, 6.45) is 4.20. The van der Waals surface area contributed by atoms with E-state index >= 15 is 0 Å². The fourth-order valence-electron chi connectivity index (χ4n) is 6.12. The van der Waals surface area contributed by atoms with Crippen LogP contribution in [0.25, 0.3) is 0 Å². The second-order valence-electron chi connectivity index (χ2n) is 11.5. The topological polar surface area (TPSA) is 88.5 Å². The second-order valence-corrected chi connectivity index (χ2v) is 11.9. The van der Waals surface area contributed by atoms with Crippen LogP contribution >= 0.6 is 11.6 Å². The summed E-state index contributed by atoms with van der Waals surface area (Å²) in [6.45, 7) is 5.33. The summed E-state index contributed by atoms with van der Waals surface area (Å²) in [5, 5.41) is 22.9. The summed E-state index contributed by atoms with van der Waals surface area (Å²) in [7, 11) is 3.44. The summed E-state index contributed by atoms with van der Waals surface area (Å²) in [5.41, 5.74) is 1.97. The van der Waals surface area contributed by atoms with E-state index in [1.165, 1.54) is 0 Å². The van der Waals surface area contributed by atoms with Gasteiger partial charge in [0.05, 0.1) is 25.7 Å². The number of likely N-dealkylation sites (N-methyl/N-ethyl adjacent to an activating group) is 1. The van der Waals surface area contributed by atoms with E-state index < -0.39 is 6.10 Å². The van der Waals surface area contributed by atoms with Crippen molar-refractivity contribution >= 4 is 17.5 Å². The molecule has 0 spiro atoms. The van der Waals surface area contributed by atoms with Gasteiger partial charge in [-0.15, -0.1) is 0 Å². The molecule has 220 valence electrons. The van der Waals surface area contributed by atoms with Crippen molar-refractivity contribution in [2.45, 2.75) is 83.1 Å². The third kappa shape index (κ3) is 7.49. The van der Waals surface area contributed by atoms with Gasteiger partial charge in [-0.1, -0.05) is 23.7 Å². The van der Waals surface area contributed by atoms with E-state index in [1.54, 1.807) is 43.5 Å². The SMILES string of the molecule is COc1cc(CC(=O)N(C)C2CCC(C(O)C3CCOCC3)CC2)c(C(O)c2ccc(Cl)cc2)cc1OC(C)C. The van der Waals surface area contributed by atoms with Gasteiger partial charge in [-0.3, -0.25) is 4.79 Å². The number of nitrogens with zero attached hydrogens (tertiary/aromatic N) is 1. The Labute approximate surface area is 243 Å². The van der Waals surface area contributed by atoms with Gasteiger partial charge >= 0.3 is 0 Å². The first kappa shape index (κ1) is 30.6. The van der Waals surface area contributed by atoms with E-state index in [4.69, 9.17) is 25.8 Å². The smallest absolute Gasteiger partial charge is 0.226 e. The Morgan fingerprint density at radius 1 is 1.00 bits per heavy atom. The molecule has 1 saturated carbocycles. The van der Waals surface area contributed by atoms with Crippen LogP contribution in [0.5, 0.6) is 11.5 Å². The Bertz CT molecular complexity index is 1110. The average Bonchev–Trinajstić information content (AvgIpc) is 2.97. The van der Waals surface area contributed by atoms with E-state index in [0.717, 1.165) is 51.7 Å². The van der Waals surface area contributed by atoms with Crippen LogP contribution in [0, 0.1) is 11.8 Å². The Kier molecular flexibility index (Phi) is 10.7. The van der Waals surface area contributed by atoms with Crippen molar-refractivity contribution in [1.82, 2.24) is 4.90 Å². The number of hydrogen-bond donors (Lipinski definition) is 2. The Hall–Kier alpha value is -2.32. The highest BCUT2D eigenvalue weighted by atomic mass is 35.5. The van der Waals surface area contributed by atoms with Crippen LogP contribution in [0.2, 0.25) is 5.02 Å². The number of halogens is 1. The summed E-state index contributed by atoms with van der Waals surface area (Å²) in [5.74, 6) is 1.62. The summed E-state index contributed by atoms with van der Waals surface area (Å²) >= 11 is 6.07. The van der Waals surface area contributed by atoms with Crippen molar-refractivity contribution < 1.29 is 29.2 Å². The third-order valence-electron chi connectivity index (χ3n) is 8.52. The molecule has 2 aromatic rings. The molecule has 1 aliphatic carbocycles. The first-order valence-electron chi connectivity index (χ1n) is 14.5. The second kappa shape index (κ2) is 14.0. The van der Waals surface area contributed by atoms with E-state index in [9.17, 15) is 15.0 Å². The van der Waals surface area contributed by atoms with Crippen molar-refractivity contribution in [3.63, 3.8) is 0 Å². The molecule has 4 rings (SSSR count). The summed E-state index contributed by atoms with van der Waals surface area (Å²) < 4.78 is 17.0. The van der Waals surface area contributed by atoms with Gasteiger partial charge < -0.3 is 29.3 Å². The van der Waals surface area contributed by atoms with Gasteiger partial charge in [0, 0.05) is 31.3 Å². The Morgan fingerprint density at radius 3 is 2.23 bits per heavy atom. The average molecular weight is 574 g/mol. The van der Waals surface area contributed by atoms with Crippen LogP contribution in [-0.2, 0) is 16.0 Å². The summed E-state index contributed by atoms with van der Waals surface area (Å²) in [4.78, 5) is 15.4. The molecule has 2 aromatic carbocycles. The highest BCUT2D eigenvalue weighted by Gasteiger charge is 2.34. The van der Waals surface area contributed by atoms with Gasteiger partial charge in [0.1, 0.15) is 6.10 Å². The zero-order valence-corrected chi connectivity index (χ0v) is 24.9. The van der Waals surface area contributed by atoms with Crippen LogP contribution in [0.15, 0.2) is 36.4 Å². The monoisotopic (exact) mass is 573 g/mol. The molecule has 40 heavy (non-hydrogen) atoms. The van der Waals surface area contributed by atoms with Crippen molar-refractivity contribution in [3.05, 3.63) is 58.1 Å². The molecule has 2 aliphatic rings. The predicted molar refractivity (Wildman–Crippen MR) is 156 cm³/mol. The molecular weight excluding hydrogens is 530 g/mol. The van der Waals surface area contributed by atoms with Gasteiger partial charge in [-0.2, -0.15) is 0 Å². The highest BCUT2D eigenvalue weighted by Crippen LogP contribution is 2.38.